The second-order valence-corrected chi connectivity index (χ2v) is 4.11. The number of nitrogens with one attached hydrogen (secondary N) is 1. The molecule has 1 rings (SSSR count). The molecule has 1 N–H and O–H groups in total. The second kappa shape index (κ2) is 5.71. The molecule has 18 heavy (non-hydrogen) atoms. The molecule has 0 spiro atoms. The zero-order chi connectivity index (χ0) is 13.8. The summed E-state index contributed by atoms with van der Waals surface area (Å²) in [6, 6.07) is 4.36. The number of alkyl halides is 3. The fraction of sp³-hybridized carbons (Fsp3) is 0.308. The van der Waals surface area contributed by atoms with E-state index in [0.29, 0.717) is 5.69 Å². The monoisotopic (exact) mass is 257 g/mol. The van der Waals surface area contributed by atoms with Gasteiger partial charge in [-0.3, -0.25) is 4.79 Å². The number of carbonyl (C=O) groups is 1. The highest BCUT2D eigenvalue weighted by Crippen LogP contribution is 2.29. The SMILES string of the molecule is CC(C)=CCC(=O)Nc1ccc(C(F)(F)F)cc1. The van der Waals surface area contributed by atoms with Crippen molar-refractivity contribution in [3.8, 4) is 0 Å². The van der Waals surface area contributed by atoms with E-state index in [9.17, 15) is 18.0 Å². The molecule has 0 saturated heterocycles. The summed E-state index contributed by atoms with van der Waals surface area (Å²) in [7, 11) is 0. The zero-order valence-corrected chi connectivity index (χ0v) is 10.1. The van der Waals surface area contributed by atoms with Crippen LogP contribution < -0.4 is 5.32 Å². The van der Waals surface area contributed by atoms with Crippen molar-refractivity contribution in [3.63, 3.8) is 0 Å². The number of hydrogen-bond acceptors (Lipinski definition) is 1. The van der Waals surface area contributed by atoms with Crippen molar-refractivity contribution in [2.75, 3.05) is 5.32 Å². The Kier molecular flexibility index (Phi) is 4.53. The number of anilines is 1. The van der Waals surface area contributed by atoms with E-state index in [2.05, 4.69) is 5.32 Å². The minimum absolute atomic E-state index is 0.212. The van der Waals surface area contributed by atoms with E-state index < -0.39 is 11.7 Å². The average Bonchev–Trinajstić information content (AvgIpc) is 2.26. The molecular weight excluding hydrogens is 243 g/mol. The van der Waals surface area contributed by atoms with Gasteiger partial charge in [-0.2, -0.15) is 13.2 Å². The van der Waals surface area contributed by atoms with Gasteiger partial charge in [0.15, 0.2) is 0 Å². The van der Waals surface area contributed by atoms with Crippen LogP contribution in [0.4, 0.5) is 18.9 Å². The van der Waals surface area contributed by atoms with Crippen LogP contribution in [0.5, 0.6) is 0 Å². The molecule has 0 bridgehead atoms. The first-order valence-electron chi connectivity index (χ1n) is 5.39. The molecule has 0 unspecified atom stereocenters. The van der Waals surface area contributed by atoms with Crippen molar-refractivity contribution in [3.05, 3.63) is 41.5 Å². The molecule has 1 aromatic rings. The molecule has 98 valence electrons. The van der Waals surface area contributed by atoms with Crippen LogP contribution in [0, 0.1) is 0 Å². The molecule has 0 radical (unpaired) electrons. The van der Waals surface area contributed by atoms with Gasteiger partial charge in [-0.1, -0.05) is 11.6 Å². The van der Waals surface area contributed by atoms with Gasteiger partial charge in [-0.15, -0.1) is 0 Å². The first-order chi connectivity index (χ1) is 8.29. The lowest BCUT2D eigenvalue weighted by molar-refractivity contribution is -0.137. The molecule has 0 heterocycles. The van der Waals surface area contributed by atoms with Crippen molar-refractivity contribution in [2.24, 2.45) is 0 Å². The van der Waals surface area contributed by atoms with Crippen LogP contribution in [-0.2, 0) is 11.0 Å². The van der Waals surface area contributed by atoms with Gasteiger partial charge in [0.25, 0.3) is 0 Å². The Morgan fingerprint density at radius 3 is 2.22 bits per heavy atom. The van der Waals surface area contributed by atoms with Gasteiger partial charge in [0.05, 0.1) is 5.56 Å². The predicted molar refractivity (Wildman–Crippen MR) is 64.1 cm³/mol. The topological polar surface area (TPSA) is 29.1 Å². The number of hydrogen-bond donors (Lipinski definition) is 1. The van der Waals surface area contributed by atoms with Crippen molar-refractivity contribution < 1.29 is 18.0 Å². The molecule has 2 nitrogen and oxygen atoms in total. The summed E-state index contributed by atoms with van der Waals surface area (Å²) in [5.74, 6) is -0.254. The van der Waals surface area contributed by atoms with Gasteiger partial charge in [0, 0.05) is 12.1 Å². The van der Waals surface area contributed by atoms with Crippen molar-refractivity contribution in [2.45, 2.75) is 26.4 Å². The fourth-order valence-corrected chi connectivity index (χ4v) is 1.25. The minimum atomic E-state index is -4.36. The van der Waals surface area contributed by atoms with Crippen molar-refractivity contribution >= 4 is 11.6 Å². The third kappa shape index (κ3) is 4.61. The number of benzene rings is 1. The van der Waals surface area contributed by atoms with E-state index >= 15 is 0 Å². The molecule has 0 saturated carbocycles. The smallest absolute Gasteiger partial charge is 0.326 e. The number of amides is 1. The molecule has 1 aromatic carbocycles. The van der Waals surface area contributed by atoms with Crippen LogP contribution in [0.1, 0.15) is 25.8 Å². The normalized spacial score (nSPS) is 10.9. The van der Waals surface area contributed by atoms with Crippen LogP contribution in [0.15, 0.2) is 35.9 Å². The minimum Gasteiger partial charge on any atom is -0.326 e. The highest BCUT2D eigenvalue weighted by Gasteiger charge is 2.29. The molecule has 0 aromatic heterocycles. The molecular formula is C13H14F3NO. The van der Waals surface area contributed by atoms with E-state index in [4.69, 9.17) is 0 Å². The Balaban J connectivity index is 2.64. The summed E-state index contributed by atoms with van der Waals surface area (Å²) in [6.07, 6.45) is -2.40. The Labute approximate surface area is 104 Å². The van der Waals surface area contributed by atoms with Gasteiger partial charge < -0.3 is 5.32 Å². The highest BCUT2D eigenvalue weighted by atomic mass is 19.4. The summed E-state index contributed by atoms with van der Waals surface area (Å²) >= 11 is 0. The summed E-state index contributed by atoms with van der Waals surface area (Å²) in [5.41, 5.74) is 0.637. The van der Waals surface area contributed by atoms with E-state index in [0.717, 1.165) is 17.7 Å². The first-order valence-corrected chi connectivity index (χ1v) is 5.39. The van der Waals surface area contributed by atoms with E-state index in [1.54, 1.807) is 6.08 Å². The molecule has 0 aliphatic rings. The summed E-state index contributed by atoms with van der Waals surface area (Å²) < 4.78 is 36.9. The highest BCUT2D eigenvalue weighted by molar-refractivity contribution is 5.91. The van der Waals surface area contributed by atoms with Crippen molar-refractivity contribution in [1.29, 1.82) is 0 Å². The second-order valence-electron chi connectivity index (χ2n) is 4.11. The number of carbonyl (C=O) groups excluding carboxylic acids is 1. The average molecular weight is 257 g/mol. The summed E-state index contributed by atoms with van der Waals surface area (Å²) in [6.45, 7) is 3.73. The van der Waals surface area contributed by atoms with Gasteiger partial charge in [0.2, 0.25) is 5.91 Å². The maximum absolute atomic E-state index is 12.3. The largest absolute Gasteiger partial charge is 0.416 e. The van der Waals surface area contributed by atoms with Gasteiger partial charge >= 0.3 is 6.18 Å². The van der Waals surface area contributed by atoms with Crippen LogP contribution >= 0.6 is 0 Å². The van der Waals surface area contributed by atoms with Crippen molar-refractivity contribution in [1.82, 2.24) is 0 Å². The maximum atomic E-state index is 12.3. The zero-order valence-electron chi connectivity index (χ0n) is 10.1. The third-order valence-electron chi connectivity index (χ3n) is 2.19. The van der Waals surface area contributed by atoms with E-state index in [1.807, 2.05) is 13.8 Å². The lowest BCUT2D eigenvalue weighted by Crippen LogP contribution is -2.11. The molecule has 0 aliphatic heterocycles. The van der Waals surface area contributed by atoms with E-state index in [-0.39, 0.29) is 12.3 Å². The number of rotatable bonds is 3. The van der Waals surface area contributed by atoms with E-state index in [1.165, 1.54) is 12.1 Å². The van der Waals surface area contributed by atoms with Gasteiger partial charge in [-0.05, 0) is 38.1 Å². The first kappa shape index (κ1) is 14.3. The standard InChI is InChI=1S/C13H14F3NO/c1-9(2)3-8-12(18)17-11-6-4-10(5-7-11)13(14,15)16/h3-7H,8H2,1-2H3,(H,17,18). The van der Waals surface area contributed by atoms with Crippen LogP contribution in [0.2, 0.25) is 0 Å². The molecule has 1 amide bonds. The fourth-order valence-electron chi connectivity index (χ4n) is 1.25. The number of allylic oxidation sites excluding steroid dienone is 1. The van der Waals surface area contributed by atoms with Crippen LogP contribution in [0.3, 0.4) is 0 Å². The molecule has 5 heteroatoms. The Morgan fingerprint density at radius 1 is 1.22 bits per heavy atom. The number of halogens is 3. The third-order valence-corrected chi connectivity index (χ3v) is 2.19. The lowest BCUT2D eigenvalue weighted by atomic mass is 10.2. The van der Waals surface area contributed by atoms with Crippen LogP contribution in [0.25, 0.3) is 0 Å². The molecule has 0 fully saturated rings. The Morgan fingerprint density at radius 2 is 1.78 bits per heavy atom. The van der Waals surface area contributed by atoms with Crippen LogP contribution in [-0.4, -0.2) is 5.91 Å². The molecule has 0 aliphatic carbocycles. The lowest BCUT2D eigenvalue weighted by Gasteiger charge is -2.08. The maximum Gasteiger partial charge on any atom is 0.416 e. The Hall–Kier alpha value is -1.78. The summed E-state index contributed by atoms with van der Waals surface area (Å²) in [5, 5.41) is 2.53. The quantitative estimate of drug-likeness (QED) is 0.815. The predicted octanol–water partition coefficient (Wildman–Crippen LogP) is 4.00. The van der Waals surface area contributed by atoms with Gasteiger partial charge in [-0.25, -0.2) is 0 Å². The summed E-state index contributed by atoms with van der Waals surface area (Å²) in [4.78, 5) is 11.4. The Bertz CT molecular complexity index is 442. The molecule has 0 atom stereocenters. The van der Waals surface area contributed by atoms with Gasteiger partial charge in [0.1, 0.15) is 0 Å².